The average molecular weight is 261 g/mol. The Bertz CT molecular complexity index is 434. The van der Waals surface area contributed by atoms with Crippen molar-refractivity contribution >= 4 is 5.91 Å². The molecule has 1 aromatic heterocycles. The van der Waals surface area contributed by atoms with Crippen molar-refractivity contribution in [2.75, 3.05) is 0 Å². The predicted octanol–water partition coefficient (Wildman–Crippen LogP) is 1.95. The number of nitrogens with two attached hydrogens (primary N) is 1. The first-order valence-corrected chi connectivity index (χ1v) is 6.85. The summed E-state index contributed by atoms with van der Waals surface area (Å²) in [5, 5.41) is 0. The van der Waals surface area contributed by atoms with Crippen LogP contribution >= 0.6 is 0 Å². The second-order valence-electron chi connectivity index (χ2n) is 6.36. The third-order valence-electron chi connectivity index (χ3n) is 3.53. The number of carbonyl (C=O) groups excluding carboxylic acids is 1. The first kappa shape index (κ1) is 14.0. The van der Waals surface area contributed by atoms with Gasteiger partial charge in [0.15, 0.2) is 0 Å². The number of hydrogen-bond donors (Lipinski definition) is 1. The van der Waals surface area contributed by atoms with E-state index >= 15 is 0 Å². The maximum absolute atomic E-state index is 12.5. The highest BCUT2D eigenvalue weighted by molar-refractivity contribution is 5.83. The summed E-state index contributed by atoms with van der Waals surface area (Å²) in [7, 11) is 0. The van der Waals surface area contributed by atoms with Gasteiger partial charge in [0.1, 0.15) is 0 Å². The maximum atomic E-state index is 12.5. The van der Waals surface area contributed by atoms with Crippen molar-refractivity contribution in [2.24, 2.45) is 11.1 Å². The predicted molar refractivity (Wildman–Crippen MR) is 75.2 cm³/mol. The summed E-state index contributed by atoms with van der Waals surface area (Å²) in [4.78, 5) is 18.7. The van der Waals surface area contributed by atoms with E-state index in [1.165, 1.54) is 0 Å². The number of pyridine rings is 1. The SMILES string of the molecule is CC(C)(C)[C@@H](N)C(=O)N(Cc1ccccn1)C1CC1. The van der Waals surface area contributed by atoms with Crippen LogP contribution in [0, 0.1) is 5.41 Å². The highest BCUT2D eigenvalue weighted by Gasteiger charge is 2.38. The van der Waals surface area contributed by atoms with Crippen LogP contribution in [0.4, 0.5) is 0 Å². The van der Waals surface area contributed by atoms with Gasteiger partial charge in [0.05, 0.1) is 18.3 Å². The van der Waals surface area contributed by atoms with Crippen LogP contribution in [0.15, 0.2) is 24.4 Å². The van der Waals surface area contributed by atoms with Gasteiger partial charge in [-0.1, -0.05) is 26.8 Å². The van der Waals surface area contributed by atoms with E-state index in [0.717, 1.165) is 18.5 Å². The van der Waals surface area contributed by atoms with Crippen LogP contribution in [0.1, 0.15) is 39.3 Å². The summed E-state index contributed by atoms with van der Waals surface area (Å²) in [5.74, 6) is 0.0423. The molecule has 1 saturated carbocycles. The fraction of sp³-hybridized carbons (Fsp3) is 0.600. The molecule has 0 saturated heterocycles. The number of hydrogen-bond acceptors (Lipinski definition) is 3. The lowest BCUT2D eigenvalue weighted by molar-refractivity contribution is -0.136. The Morgan fingerprint density at radius 2 is 2.16 bits per heavy atom. The van der Waals surface area contributed by atoms with Gasteiger partial charge in [-0.25, -0.2) is 0 Å². The lowest BCUT2D eigenvalue weighted by Crippen LogP contribution is -2.50. The Morgan fingerprint density at radius 3 is 2.63 bits per heavy atom. The second kappa shape index (κ2) is 5.29. The molecule has 104 valence electrons. The number of amides is 1. The van der Waals surface area contributed by atoms with E-state index in [-0.39, 0.29) is 11.3 Å². The van der Waals surface area contributed by atoms with Crippen LogP contribution in [-0.2, 0) is 11.3 Å². The van der Waals surface area contributed by atoms with E-state index < -0.39 is 6.04 Å². The molecule has 1 heterocycles. The Hall–Kier alpha value is -1.42. The quantitative estimate of drug-likeness (QED) is 0.901. The highest BCUT2D eigenvalue weighted by Crippen LogP contribution is 2.30. The van der Waals surface area contributed by atoms with Gasteiger partial charge in [0, 0.05) is 12.2 Å². The van der Waals surface area contributed by atoms with Gasteiger partial charge in [-0.15, -0.1) is 0 Å². The molecule has 4 heteroatoms. The fourth-order valence-electron chi connectivity index (χ4n) is 1.99. The Labute approximate surface area is 115 Å². The van der Waals surface area contributed by atoms with Crippen LogP contribution in [0.25, 0.3) is 0 Å². The first-order chi connectivity index (χ1) is 8.89. The number of rotatable bonds is 4. The number of aromatic nitrogens is 1. The summed E-state index contributed by atoms with van der Waals surface area (Å²) >= 11 is 0. The zero-order valence-corrected chi connectivity index (χ0v) is 12.0. The largest absolute Gasteiger partial charge is 0.332 e. The van der Waals surface area contributed by atoms with Crippen molar-refractivity contribution in [1.29, 1.82) is 0 Å². The summed E-state index contributed by atoms with van der Waals surface area (Å²) in [6, 6.07) is 5.67. The van der Waals surface area contributed by atoms with E-state index in [1.54, 1.807) is 6.20 Å². The molecule has 1 fully saturated rings. The van der Waals surface area contributed by atoms with Crippen molar-refractivity contribution in [2.45, 2.75) is 52.2 Å². The Morgan fingerprint density at radius 1 is 1.47 bits per heavy atom. The zero-order chi connectivity index (χ0) is 14.0. The van der Waals surface area contributed by atoms with Crippen LogP contribution < -0.4 is 5.73 Å². The van der Waals surface area contributed by atoms with E-state index in [0.29, 0.717) is 12.6 Å². The molecule has 2 rings (SSSR count). The summed E-state index contributed by atoms with van der Waals surface area (Å²) in [5.41, 5.74) is 6.81. The van der Waals surface area contributed by atoms with Gasteiger partial charge in [0.2, 0.25) is 5.91 Å². The fourth-order valence-corrected chi connectivity index (χ4v) is 1.99. The molecule has 0 unspecified atom stereocenters. The standard InChI is InChI=1S/C15H23N3O/c1-15(2,3)13(16)14(19)18(12-7-8-12)10-11-6-4-5-9-17-11/h4-6,9,12-13H,7-8,10,16H2,1-3H3/t13-/m0/s1. The van der Waals surface area contributed by atoms with Gasteiger partial charge < -0.3 is 10.6 Å². The molecule has 2 N–H and O–H groups in total. The molecule has 1 aliphatic carbocycles. The van der Waals surface area contributed by atoms with Crippen molar-refractivity contribution in [3.63, 3.8) is 0 Å². The van der Waals surface area contributed by atoms with Gasteiger partial charge in [-0.2, -0.15) is 0 Å². The van der Waals surface area contributed by atoms with Crippen molar-refractivity contribution in [1.82, 2.24) is 9.88 Å². The minimum atomic E-state index is -0.461. The minimum Gasteiger partial charge on any atom is -0.332 e. The van der Waals surface area contributed by atoms with Gasteiger partial charge in [0.25, 0.3) is 0 Å². The van der Waals surface area contributed by atoms with E-state index in [1.807, 2.05) is 43.9 Å². The van der Waals surface area contributed by atoms with Crippen molar-refractivity contribution in [3.05, 3.63) is 30.1 Å². The molecule has 1 atom stereocenters. The average Bonchev–Trinajstić information content (AvgIpc) is 3.18. The number of carbonyl (C=O) groups is 1. The van der Waals surface area contributed by atoms with E-state index in [9.17, 15) is 4.79 Å². The highest BCUT2D eigenvalue weighted by atomic mass is 16.2. The zero-order valence-electron chi connectivity index (χ0n) is 12.0. The summed E-state index contributed by atoms with van der Waals surface area (Å²) < 4.78 is 0. The third-order valence-corrected chi connectivity index (χ3v) is 3.53. The van der Waals surface area contributed by atoms with Crippen molar-refractivity contribution < 1.29 is 4.79 Å². The summed E-state index contributed by atoms with van der Waals surface area (Å²) in [6.07, 6.45) is 3.92. The normalized spacial score (nSPS) is 17.1. The lowest BCUT2D eigenvalue weighted by atomic mass is 9.86. The van der Waals surface area contributed by atoms with Crippen LogP contribution in [0.5, 0.6) is 0 Å². The lowest BCUT2D eigenvalue weighted by Gasteiger charge is -2.32. The smallest absolute Gasteiger partial charge is 0.240 e. The second-order valence-corrected chi connectivity index (χ2v) is 6.36. The molecule has 0 bridgehead atoms. The molecule has 19 heavy (non-hydrogen) atoms. The minimum absolute atomic E-state index is 0.0423. The van der Waals surface area contributed by atoms with Gasteiger partial charge >= 0.3 is 0 Å². The van der Waals surface area contributed by atoms with Gasteiger partial charge in [-0.3, -0.25) is 9.78 Å². The maximum Gasteiger partial charge on any atom is 0.240 e. The molecule has 1 amide bonds. The molecule has 0 radical (unpaired) electrons. The van der Waals surface area contributed by atoms with Crippen molar-refractivity contribution in [3.8, 4) is 0 Å². The Balaban J connectivity index is 2.10. The molecular weight excluding hydrogens is 238 g/mol. The topological polar surface area (TPSA) is 59.2 Å². The van der Waals surface area contributed by atoms with Crippen LogP contribution in [0.2, 0.25) is 0 Å². The molecule has 1 aliphatic rings. The van der Waals surface area contributed by atoms with Gasteiger partial charge in [-0.05, 0) is 30.4 Å². The molecule has 1 aromatic rings. The Kier molecular flexibility index (Phi) is 3.90. The van der Waals surface area contributed by atoms with Crippen LogP contribution in [-0.4, -0.2) is 27.9 Å². The first-order valence-electron chi connectivity index (χ1n) is 6.85. The number of nitrogens with zero attached hydrogens (tertiary/aromatic N) is 2. The molecule has 4 nitrogen and oxygen atoms in total. The van der Waals surface area contributed by atoms with Crippen LogP contribution in [0.3, 0.4) is 0 Å². The third kappa shape index (κ3) is 3.53. The monoisotopic (exact) mass is 261 g/mol. The van der Waals surface area contributed by atoms with E-state index in [4.69, 9.17) is 5.73 Å². The summed E-state index contributed by atoms with van der Waals surface area (Å²) in [6.45, 7) is 6.57. The molecule has 0 aromatic carbocycles. The van der Waals surface area contributed by atoms with E-state index in [2.05, 4.69) is 4.98 Å². The molecule has 0 spiro atoms. The molecular formula is C15H23N3O. The molecule has 0 aliphatic heterocycles.